The topological polar surface area (TPSA) is 66.8 Å². The largest absolute Gasteiger partial charge is 0.479 e. The van der Waals surface area contributed by atoms with E-state index in [9.17, 15) is 4.79 Å². The number of rotatable bonds is 2. The van der Waals surface area contributed by atoms with Crippen LogP contribution in [0.5, 0.6) is 0 Å². The molecule has 0 spiro atoms. The van der Waals surface area contributed by atoms with Gasteiger partial charge >= 0.3 is 5.97 Å². The minimum atomic E-state index is -0.934. The summed E-state index contributed by atoms with van der Waals surface area (Å²) in [6.45, 7) is 0.386. The Hall–Kier alpha value is -0.610. The van der Waals surface area contributed by atoms with E-state index in [1.54, 1.807) is 0 Å². The third-order valence-electron chi connectivity index (χ3n) is 1.61. The molecule has 0 aromatic rings. The van der Waals surface area contributed by atoms with Crippen LogP contribution in [0.2, 0.25) is 0 Å². The molecule has 0 aromatic heterocycles. The number of carboxylic acid groups (broad SMARTS) is 1. The van der Waals surface area contributed by atoms with Crippen LogP contribution in [-0.4, -0.2) is 35.5 Å². The van der Waals surface area contributed by atoms with Gasteiger partial charge in [-0.3, -0.25) is 0 Å². The van der Waals surface area contributed by atoms with Crippen LogP contribution in [0, 0.1) is 5.92 Å². The molecular weight excluding hydrogens is 136 g/mol. The van der Waals surface area contributed by atoms with Crippen LogP contribution < -0.4 is 0 Å². The first-order chi connectivity index (χ1) is 4.74. The van der Waals surface area contributed by atoms with Gasteiger partial charge in [-0.15, -0.1) is 0 Å². The quantitative estimate of drug-likeness (QED) is 0.549. The minimum Gasteiger partial charge on any atom is -0.479 e. The van der Waals surface area contributed by atoms with Crippen LogP contribution in [0.4, 0.5) is 0 Å². The van der Waals surface area contributed by atoms with E-state index >= 15 is 0 Å². The van der Waals surface area contributed by atoms with Crippen molar-refractivity contribution in [2.24, 2.45) is 5.92 Å². The summed E-state index contributed by atoms with van der Waals surface area (Å²) < 4.78 is 4.86. The number of aliphatic hydroxyl groups excluding tert-OH is 1. The van der Waals surface area contributed by atoms with Crippen molar-refractivity contribution in [3.63, 3.8) is 0 Å². The number of hydrogen-bond donors (Lipinski definition) is 2. The highest BCUT2D eigenvalue weighted by Crippen LogP contribution is 2.18. The number of carbonyl (C=O) groups is 1. The van der Waals surface area contributed by atoms with Gasteiger partial charge in [-0.1, -0.05) is 0 Å². The van der Waals surface area contributed by atoms with E-state index in [0.29, 0.717) is 13.0 Å². The Morgan fingerprint density at radius 2 is 2.40 bits per heavy atom. The maximum absolute atomic E-state index is 10.3. The van der Waals surface area contributed by atoms with Crippen molar-refractivity contribution in [1.82, 2.24) is 0 Å². The molecule has 0 radical (unpaired) electrons. The van der Waals surface area contributed by atoms with Crippen molar-refractivity contribution < 1.29 is 19.7 Å². The normalized spacial score (nSPS) is 32.5. The number of aliphatic hydroxyl groups is 1. The first kappa shape index (κ1) is 7.50. The lowest BCUT2D eigenvalue weighted by molar-refractivity contribution is -0.147. The predicted octanol–water partition coefficient (Wildman–Crippen LogP) is -0.532. The van der Waals surface area contributed by atoms with Crippen molar-refractivity contribution in [3.05, 3.63) is 0 Å². The van der Waals surface area contributed by atoms with E-state index in [1.165, 1.54) is 0 Å². The standard InChI is InChI=1S/C6H10O4/c7-2-4-1-5(6(8)9)10-3-4/h4-5,7H,1-3H2,(H,8,9). The van der Waals surface area contributed by atoms with Crippen LogP contribution in [0.1, 0.15) is 6.42 Å². The zero-order valence-corrected chi connectivity index (χ0v) is 5.49. The van der Waals surface area contributed by atoms with Gasteiger partial charge in [-0.05, 0) is 6.42 Å². The molecule has 1 aliphatic rings. The van der Waals surface area contributed by atoms with E-state index in [0.717, 1.165) is 0 Å². The summed E-state index contributed by atoms with van der Waals surface area (Å²) in [5, 5.41) is 17.0. The SMILES string of the molecule is O=C(O)C1CC(CO)CO1. The van der Waals surface area contributed by atoms with Crippen molar-refractivity contribution in [2.45, 2.75) is 12.5 Å². The Bertz CT molecular complexity index is 134. The first-order valence-electron chi connectivity index (χ1n) is 3.19. The average molecular weight is 146 g/mol. The molecule has 1 heterocycles. The van der Waals surface area contributed by atoms with Crippen LogP contribution in [0.3, 0.4) is 0 Å². The second kappa shape index (κ2) is 2.98. The molecule has 1 saturated heterocycles. The Morgan fingerprint density at radius 3 is 2.70 bits per heavy atom. The van der Waals surface area contributed by atoms with Crippen molar-refractivity contribution in [3.8, 4) is 0 Å². The lowest BCUT2D eigenvalue weighted by Crippen LogP contribution is -2.18. The van der Waals surface area contributed by atoms with Crippen molar-refractivity contribution >= 4 is 5.97 Å². The molecule has 0 bridgehead atoms. The van der Waals surface area contributed by atoms with Gasteiger partial charge < -0.3 is 14.9 Å². The van der Waals surface area contributed by atoms with Crippen LogP contribution in [-0.2, 0) is 9.53 Å². The lowest BCUT2D eigenvalue weighted by Gasteiger charge is -2.00. The van der Waals surface area contributed by atoms with Gasteiger partial charge in [0.05, 0.1) is 6.61 Å². The molecule has 2 unspecified atom stereocenters. The molecule has 1 fully saturated rings. The van der Waals surface area contributed by atoms with Crippen LogP contribution >= 0.6 is 0 Å². The van der Waals surface area contributed by atoms with Gasteiger partial charge in [0.1, 0.15) is 0 Å². The van der Waals surface area contributed by atoms with Crippen molar-refractivity contribution in [1.29, 1.82) is 0 Å². The molecule has 0 aromatic carbocycles. The molecule has 1 aliphatic heterocycles. The van der Waals surface area contributed by atoms with E-state index in [1.807, 2.05) is 0 Å². The maximum Gasteiger partial charge on any atom is 0.332 e. The fourth-order valence-electron chi connectivity index (χ4n) is 0.990. The van der Waals surface area contributed by atoms with Gasteiger partial charge in [-0.25, -0.2) is 4.79 Å². The van der Waals surface area contributed by atoms with Crippen LogP contribution in [0.15, 0.2) is 0 Å². The van der Waals surface area contributed by atoms with E-state index in [4.69, 9.17) is 14.9 Å². The number of carboxylic acids is 1. The summed E-state index contributed by atoms with van der Waals surface area (Å²) in [7, 11) is 0. The van der Waals surface area contributed by atoms with Gasteiger partial charge in [0.15, 0.2) is 6.10 Å². The number of aliphatic carboxylic acids is 1. The molecule has 2 N–H and O–H groups in total. The smallest absolute Gasteiger partial charge is 0.332 e. The zero-order valence-electron chi connectivity index (χ0n) is 5.49. The molecule has 2 atom stereocenters. The molecule has 4 nitrogen and oxygen atoms in total. The average Bonchev–Trinajstić information content (AvgIpc) is 2.34. The van der Waals surface area contributed by atoms with E-state index < -0.39 is 12.1 Å². The Labute approximate surface area is 58.4 Å². The summed E-state index contributed by atoms with van der Waals surface area (Å²) in [6, 6.07) is 0. The lowest BCUT2D eigenvalue weighted by atomic mass is 10.1. The highest BCUT2D eigenvalue weighted by atomic mass is 16.5. The number of ether oxygens (including phenoxy) is 1. The van der Waals surface area contributed by atoms with E-state index in [2.05, 4.69) is 0 Å². The zero-order chi connectivity index (χ0) is 7.56. The minimum absolute atomic E-state index is 0.0149. The fraction of sp³-hybridized carbons (Fsp3) is 0.833. The van der Waals surface area contributed by atoms with Crippen molar-refractivity contribution in [2.75, 3.05) is 13.2 Å². The summed E-state index contributed by atoms with van der Waals surface area (Å²) in [6.07, 6.45) is -0.261. The molecule has 0 amide bonds. The van der Waals surface area contributed by atoms with E-state index in [-0.39, 0.29) is 12.5 Å². The molecule has 1 rings (SSSR count). The molecule has 4 heteroatoms. The molecule has 58 valence electrons. The Kier molecular flexibility index (Phi) is 2.24. The van der Waals surface area contributed by atoms with Gasteiger partial charge in [-0.2, -0.15) is 0 Å². The highest BCUT2D eigenvalue weighted by molar-refractivity contribution is 5.72. The highest BCUT2D eigenvalue weighted by Gasteiger charge is 2.29. The molecule has 10 heavy (non-hydrogen) atoms. The Balaban J connectivity index is 2.35. The van der Waals surface area contributed by atoms with Gasteiger partial charge in [0.25, 0.3) is 0 Å². The molecule has 0 aliphatic carbocycles. The first-order valence-corrected chi connectivity index (χ1v) is 3.19. The second-order valence-corrected chi connectivity index (χ2v) is 2.44. The summed E-state index contributed by atoms with van der Waals surface area (Å²) >= 11 is 0. The molecular formula is C6H10O4. The second-order valence-electron chi connectivity index (χ2n) is 2.44. The fourth-order valence-corrected chi connectivity index (χ4v) is 0.990. The van der Waals surface area contributed by atoms with Crippen LogP contribution in [0.25, 0.3) is 0 Å². The maximum atomic E-state index is 10.3. The summed E-state index contributed by atoms with van der Waals surface area (Å²) in [5.74, 6) is -0.919. The van der Waals surface area contributed by atoms with Gasteiger partial charge in [0, 0.05) is 12.5 Å². The Morgan fingerprint density at radius 1 is 1.70 bits per heavy atom. The predicted molar refractivity (Wildman–Crippen MR) is 32.6 cm³/mol. The van der Waals surface area contributed by atoms with Gasteiger partial charge in [0.2, 0.25) is 0 Å². The number of hydrogen-bond acceptors (Lipinski definition) is 3. The molecule has 0 saturated carbocycles. The third kappa shape index (κ3) is 1.46. The summed E-state index contributed by atoms with van der Waals surface area (Å²) in [4.78, 5) is 10.3. The summed E-state index contributed by atoms with van der Waals surface area (Å²) in [5.41, 5.74) is 0. The third-order valence-corrected chi connectivity index (χ3v) is 1.61. The monoisotopic (exact) mass is 146 g/mol.